The molecule has 0 spiro atoms. The topological polar surface area (TPSA) is 38.8 Å². The molecule has 5 nitrogen and oxygen atoms in total. The Bertz CT molecular complexity index is 289. The number of hydrogen-bond donors (Lipinski definition) is 1. The van der Waals surface area contributed by atoms with Crippen LogP contribution in [0.5, 0.6) is 0 Å². The summed E-state index contributed by atoms with van der Waals surface area (Å²) in [6.07, 6.45) is 2.10. The first-order valence-corrected chi connectivity index (χ1v) is 8.20. The second-order valence-electron chi connectivity index (χ2n) is 6.85. The lowest BCUT2D eigenvalue weighted by atomic mass is 9.88. The van der Waals surface area contributed by atoms with Gasteiger partial charge in [0.2, 0.25) is 5.91 Å². The van der Waals surface area contributed by atoms with Crippen molar-refractivity contribution in [2.45, 2.75) is 19.8 Å². The van der Waals surface area contributed by atoms with Gasteiger partial charge in [0.15, 0.2) is 0 Å². The molecule has 0 aliphatic carbocycles. The van der Waals surface area contributed by atoms with Crippen LogP contribution in [-0.4, -0.2) is 88.1 Å². The molecule has 5 heteroatoms. The Hall–Kier alpha value is -0.650. The highest BCUT2D eigenvalue weighted by molar-refractivity contribution is 5.79. The fourth-order valence-corrected chi connectivity index (χ4v) is 2.64. The molecule has 0 radical (unpaired) electrons. The van der Waals surface area contributed by atoms with Crippen LogP contribution in [0.3, 0.4) is 0 Å². The molecule has 124 valence electrons. The molecule has 1 aliphatic heterocycles. The molecule has 1 N–H and O–H groups in total. The molecule has 1 fully saturated rings. The van der Waals surface area contributed by atoms with Crippen LogP contribution in [-0.2, 0) is 4.79 Å². The molecule has 21 heavy (non-hydrogen) atoms. The first-order chi connectivity index (χ1) is 9.91. The van der Waals surface area contributed by atoms with Gasteiger partial charge in [-0.05, 0) is 73.1 Å². The third kappa shape index (κ3) is 6.76. The Morgan fingerprint density at radius 3 is 1.81 bits per heavy atom. The van der Waals surface area contributed by atoms with Gasteiger partial charge in [-0.15, -0.1) is 0 Å². The van der Waals surface area contributed by atoms with Gasteiger partial charge >= 0.3 is 0 Å². The van der Waals surface area contributed by atoms with Gasteiger partial charge in [0.1, 0.15) is 0 Å². The Balaban J connectivity index is 2.45. The Morgan fingerprint density at radius 2 is 1.48 bits per heavy atom. The minimum Gasteiger partial charge on any atom is -0.342 e. The predicted octanol–water partition coefficient (Wildman–Crippen LogP) is 0.574. The van der Waals surface area contributed by atoms with E-state index in [9.17, 15) is 4.79 Å². The highest BCUT2D eigenvalue weighted by Gasteiger charge is 2.31. The monoisotopic (exact) mass is 298 g/mol. The zero-order valence-electron chi connectivity index (χ0n) is 14.6. The first-order valence-electron chi connectivity index (χ1n) is 8.20. The van der Waals surface area contributed by atoms with Crippen molar-refractivity contribution in [2.24, 2.45) is 11.8 Å². The van der Waals surface area contributed by atoms with Crippen molar-refractivity contribution in [3.63, 3.8) is 0 Å². The molecule has 0 aromatic carbocycles. The van der Waals surface area contributed by atoms with Crippen LogP contribution in [0, 0.1) is 11.8 Å². The molecule has 1 heterocycles. The van der Waals surface area contributed by atoms with Gasteiger partial charge in [0, 0.05) is 19.0 Å². The van der Waals surface area contributed by atoms with E-state index in [-0.39, 0.29) is 5.92 Å². The molecule has 0 bridgehead atoms. The van der Waals surface area contributed by atoms with E-state index < -0.39 is 0 Å². The van der Waals surface area contributed by atoms with Gasteiger partial charge < -0.3 is 20.0 Å². The lowest BCUT2D eigenvalue weighted by Crippen LogP contribution is -2.51. The summed E-state index contributed by atoms with van der Waals surface area (Å²) in [5.74, 6) is 1.03. The third-order valence-electron chi connectivity index (χ3n) is 4.29. The number of amides is 1. The number of hydrogen-bond acceptors (Lipinski definition) is 4. The van der Waals surface area contributed by atoms with E-state index in [1.165, 1.54) is 0 Å². The van der Waals surface area contributed by atoms with Crippen molar-refractivity contribution in [2.75, 3.05) is 67.5 Å². The smallest absolute Gasteiger partial charge is 0.225 e. The molecule has 1 saturated heterocycles. The average molecular weight is 298 g/mol. The van der Waals surface area contributed by atoms with Gasteiger partial charge in [-0.3, -0.25) is 4.79 Å². The molecule has 0 saturated carbocycles. The highest BCUT2D eigenvalue weighted by atomic mass is 16.2. The zero-order valence-corrected chi connectivity index (χ0v) is 14.6. The summed E-state index contributed by atoms with van der Waals surface area (Å²) in [6, 6.07) is 0. The van der Waals surface area contributed by atoms with Crippen molar-refractivity contribution in [1.29, 1.82) is 0 Å². The van der Waals surface area contributed by atoms with E-state index in [1.54, 1.807) is 0 Å². The van der Waals surface area contributed by atoms with Crippen molar-refractivity contribution < 1.29 is 4.79 Å². The number of carbonyl (C=O) groups is 1. The van der Waals surface area contributed by atoms with Gasteiger partial charge in [-0.1, -0.05) is 6.92 Å². The number of rotatable bonds is 10. The van der Waals surface area contributed by atoms with Crippen LogP contribution in [0.15, 0.2) is 0 Å². The largest absolute Gasteiger partial charge is 0.342 e. The lowest BCUT2D eigenvalue weighted by Gasteiger charge is -2.35. The fraction of sp³-hybridized carbons (Fsp3) is 0.938. The van der Waals surface area contributed by atoms with E-state index in [4.69, 9.17) is 0 Å². The van der Waals surface area contributed by atoms with Crippen molar-refractivity contribution in [3.8, 4) is 0 Å². The summed E-state index contributed by atoms with van der Waals surface area (Å²) in [5, 5.41) is 3.27. The van der Waals surface area contributed by atoms with Crippen LogP contribution >= 0.6 is 0 Å². The van der Waals surface area contributed by atoms with Crippen molar-refractivity contribution in [1.82, 2.24) is 20.0 Å². The van der Waals surface area contributed by atoms with E-state index in [1.807, 2.05) is 0 Å². The van der Waals surface area contributed by atoms with Crippen molar-refractivity contribution >= 4 is 5.91 Å². The maximum Gasteiger partial charge on any atom is 0.225 e. The van der Waals surface area contributed by atoms with Gasteiger partial charge in [-0.2, -0.15) is 0 Å². The number of nitrogens with zero attached hydrogens (tertiary/aromatic N) is 3. The fourth-order valence-electron chi connectivity index (χ4n) is 2.64. The minimum absolute atomic E-state index is 0.157. The number of nitrogens with one attached hydrogen (secondary N) is 1. The molecular weight excluding hydrogens is 264 g/mol. The standard InChI is InChI=1S/C16H34N4O/c1-14(15-12-17-13-15)16(21)20(10-6-8-18(2)3)11-7-9-19(4)5/h14-15,17H,6-13H2,1-5H3. The minimum atomic E-state index is 0.157. The highest BCUT2D eigenvalue weighted by Crippen LogP contribution is 2.18. The second-order valence-corrected chi connectivity index (χ2v) is 6.85. The van der Waals surface area contributed by atoms with Gasteiger partial charge in [0.05, 0.1) is 0 Å². The van der Waals surface area contributed by atoms with Gasteiger partial charge in [-0.25, -0.2) is 0 Å². The molecule has 1 amide bonds. The molecule has 0 aromatic rings. The Kier molecular flexibility index (Phi) is 8.22. The zero-order chi connectivity index (χ0) is 15.8. The van der Waals surface area contributed by atoms with Crippen molar-refractivity contribution in [3.05, 3.63) is 0 Å². The van der Waals surface area contributed by atoms with E-state index >= 15 is 0 Å². The predicted molar refractivity (Wildman–Crippen MR) is 88.4 cm³/mol. The van der Waals surface area contributed by atoms with Crippen LogP contribution < -0.4 is 5.32 Å². The summed E-state index contributed by atoms with van der Waals surface area (Å²) in [5.41, 5.74) is 0. The SMILES string of the molecule is CC(C(=O)N(CCCN(C)C)CCCN(C)C)C1CNC1. The summed E-state index contributed by atoms with van der Waals surface area (Å²) in [6.45, 7) is 7.93. The molecule has 1 unspecified atom stereocenters. The van der Waals surface area contributed by atoms with E-state index in [0.29, 0.717) is 11.8 Å². The maximum atomic E-state index is 12.7. The molecule has 1 atom stereocenters. The average Bonchev–Trinajstić information content (AvgIpc) is 2.33. The maximum absolute atomic E-state index is 12.7. The Labute approximate surface area is 130 Å². The normalized spacial score (nSPS) is 17.1. The van der Waals surface area contributed by atoms with Crippen LogP contribution in [0.4, 0.5) is 0 Å². The third-order valence-corrected chi connectivity index (χ3v) is 4.29. The molecule has 1 rings (SSSR count). The molecule has 0 aromatic heterocycles. The van der Waals surface area contributed by atoms with Crippen LogP contribution in [0.2, 0.25) is 0 Å². The summed E-state index contributed by atoms with van der Waals surface area (Å²) >= 11 is 0. The second kappa shape index (κ2) is 9.38. The Morgan fingerprint density at radius 1 is 1.00 bits per heavy atom. The lowest BCUT2D eigenvalue weighted by molar-refractivity contribution is -0.137. The number of carbonyl (C=O) groups excluding carboxylic acids is 1. The van der Waals surface area contributed by atoms with Gasteiger partial charge in [0.25, 0.3) is 0 Å². The molecular formula is C16H34N4O. The summed E-state index contributed by atoms with van der Waals surface area (Å²) in [7, 11) is 8.34. The van der Waals surface area contributed by atoms with E-state index in [2.05, 4.69) is 55.1 Å². The quantitative estimate of drug-likeness (QED) is 0.640. The van der Waals surface area contributed by atoms with E-state index in [0.717, 1.165) is 52.1 Å². The first kappa shape index (κ1) is 18.4. The summed E-state index contributed by atoms with van der Waals surface area (Å²) < 4.78 is 0. The van der Waals surface area contributed by atoms with Crippen LogP contribution in [0.25, 0.3) is 0 Å². The van der Waals surface area contributed by atoms with Crippen LogP contribution in [0.1, 0.15) is 19.8 Å². The molecule has 1 aliphatic rings. The summed E-state index contributed by atoms with van der Waals surface area (Å²) in [4.78, 5) is 19.2.